The van der Waals surface area contributed by atoms with E-state index in [2.05, 4.69) is 43.3 Å². The predicted octanol–water partition coefficient (Wildman–Crippen LogP) is 4.87. The van der Waals surface area contributed by atoms with E-state index in [-0.39, 0.29) is 12.3 Å². The fourth-order valence-electron chi connectivity index (χ4n) is 2.74. The number of nitrogens with zero attached hydrogens (tertiary/aromatic N) is 2. The summed E-state index contributed by atoms with van der Waals surface area (Å²) in [6.45, 7) is 0.252. The Morgan fingerprint density at radius 2 is 1.62 bits per heavy atom. The van der Waals surface area contributed by atoms with Gasteiger partial charge in [-0.2, -0.15) is 0 Å². The van der Waals surface area contributed by atoms with Crippen LogP contribution in [0.4, 0.5) is 0 Å². The highest BCUT2D eigenvalue weighted by atomic mass is 35.5. The first kappa shape index (κ1) is 18.7. The zero-order valence-electron chi connectivity index (χ0n) is 14.7. The van der Waals surface area contributed by atoms with Gasteiger partial charge in [0.15, 0.2) is 5.78 Å². The van der Waals surface area contributed by atoms with Crippen molar-refractivity contribution in [2.45, 2.75) is 6.04 Å². The molecular formula is C21H20Cl2N2O. The van der Waals surface area contributed by atoms with Crippen LogP contribution in [-0.2, 0) is 0 Å². The van der Waals surface area contributed by atoms with Gasteiger partial charge in [0.1, 0.15) is 0 Å². The van der Waals surface area contributed by atoms with E-state index in [1.54, 1.807) is 18.2 Å². The van der Waals surface area contributed by atoms with Gasteiger partial charge in [0, 0.05) is 24.0 Å². The molecule has 0 aromatic heterocycles. The Morgan fingerprint density at radius 3 is 2.19 bits per heavy atom. The molecule has 0 radical (unpaired) electrons. The average Bonchev–Trinajstić information content (AvgIpc) is 2.64. The fourth-order valence-corrected chi connectivity index (χ4v) is 3.04. The van der Waals surface area contributed by atoms with Crippen molar-refractivity contribution in [3.63, 3.8) is 0 Å². The lowest BCUT2D eigenvalue weighted by Gasteiger charge is -2.22. The highest BCUT2D eigenvalue weighted by molar-refractivity contribution is 6.42. The number of likely N-dealkylation sites (N-methyl/N-ethyl adjacent to an activating group) is 1. The topological polar surface area (TPSA) is 23.6 Å². The van der Waals surface area contributed by atoms with Gasteiger partial charge in [-0.1, -0.05) is 47.5 Å². The van der Waals surface area contributed by atoms with Gasteiger partial charge in [-0.05, 0) is 55.6 Å². The van der Waals surface area contributed by atoms with Crippen LogP contribution in [0.3, 0.4) is 0 Å². The third-order valence-electron chi connectivity index (χ3n) is 4.33. The quantitative estimate of drug-likeness (QED) is 0.689. The molecule has 0 saturated carbocycles. The normalized spacial score (nSPS) is 19.0. The molecule has 134 valence electrons. The van der Waals surface area contributed by atoms with E-state index in [1.165, 1.54) is 0 Å². The number of allylic oxidation sites excluding steroid dienone is 6. The SMILES string of the molecule is CN(C)C1C=CC(=C2C=CN(CC(=O)c3ccc(Cl)c(Cl)c3)C=C2)C=C1. The largest absolute Gasteiger partial charge is 0.347 e. The molecule has 1 heterocycles. The third-order valence-corrected chi connectivity index (χ3v) is 5.07. The Kier molecular flexibility index (Phi) is 5.82. The monoisotopic (exact) mass is 386 g/mol. The minimum atomic E-state index is -0.0137. The zero-order chi connectivity index (χ0) is 18.7. The first-order valence-electron chi connectivity index (χ1n) is 8.31. The summed E-state index contributed by atoms with van der Waals surface area (Å²) in [7, 11) is 4.11. The van der Waals surface area contributed by atoms with Gasteiger partial charge in [-0.25, -0.2) is 0 Å². The number of hydrogen-bond donors (Lipinski definition) is 0. The first-order valence-corrected chi connectivity index (χ1v) is 9.07. The smallest absolute Gasteiger partial charge is 0.182 e. The molecule has 0 spiro atoms. The molecule has 3 rings (SSSR count). The summed E-state index contributed by atoms with van der Waals surface area (Å²) in [5, 5.41) is 0.837. The molecule has 5 heteroatoms. The minimum absolute atomic E-state index is 0.0137. The van der Waals surface area contributed by atoms with Crippen LogP contribution >= 0.6 is 23.2 Å². The second-order valence-electron chi connectivity index (χ2n) is 6.44. The molecule has 0 atom stereocenters. The third kappa shape index (κ3) is 4.36. The summed E-state index contributed by atoms with van der Waals surface area (Å²) >= 11 is 11.9. The Labute approximate surface area is 164 Å². The molecule has 1 aliphatic heterocycles. The maximum absolute atomic E-state index is 12.4. The maximum Gasteiger partial charge on any atom is 0.182 e. The molecule has 0 bridgehead atoms. The van der Waals surface area contributed by atoms with Gasteiger partial charge in [-0.15, -0.1) is 0 Å². The number of Topliss-reactive ketones (excluding diaryl/α,β-unsaturated/α-hetero) is 1. The van der Waals surface area contributed by atoms with Crippen LogP contribution in [0.5, 0.6) is 0 Å². The lowest BCUT2D eigenvalue weighted by Crippen LogP contribution is -2.24. The van der Waals surface area contributed by atoms with Gasteiger partial charge in [0.05, 0.1) is 16.6 Å². The Morgan fingerprint density at radius 1 is 1.00 bits per heavy atom. The summed E-state index contributed by atoms with van der Waals surface area (Å²) in [4.78, 5) is 16.4. The molecule has 3 nitrogen and oxygen atoms in total. The van der Waals surface area contributed by atoms with Crippen LogP contribution in [-0.4, -0.2) is 42.3 Å². The number of carbonyl (C=O) groups excluding carboxylic acids is 1. The van der Waals surface area contributed by atoms with E-state index in [9.17, 15) is 4.79 Å². The van der Waals surface area contributed by atoms with Crippen molar-refractivity contribution < 1.29 is 4.79 Å². The molecule has 2 aliphatic rings. The number of benzene rings is 1. The Bertz CT molecular complexity index is 831. The predicted molar refractivity (Wildman–Crippen MR) is 109 cm³/mol. The van der Waals surface area contributed by atoms with E-state index >= 15 is 0 Å². The molecule has 26 heavy (non-hydrogen) atoms. The summed E-state index contributed by atoms with van der Waals surface area (Å²) in [5.74, 6) is -0.0137. The number of carbonyl (C=O) groups is 1. The summed E-state index contributed by atoms with van der Waals surface area (Å²) in [6, 6.07) is 5.27. The Balaban J connectivity index is 1.65. The van der Waals surface area contributed by atoms with E-state index in [4.69, 9.17) is 23.2 Å². The van der Waals surface area contributed by atoms with E-state index < -0.39 is 0 Å². The van der Waals surface area contributed by atoms with Crippen molar-refractivity contribution in [3.05, 3.63) is 93.8 Å². The van der Waals surface area contributed by atoms with Crippen LogP contribution in [0.25, 0.3) is 0 Å². The van der Waals surface area contributed by atoms with Crippen molar-refractivity contribution >= 4 is 29.0 Å². The highest BCUT2D eigenvalue weighted by Gasteiger charge is 2.13. The van der Waals surface area contributed by atoms with Crippen LogP contribution in [0.15, 0.2) is 78.2 Å². The second-order valence-corrected chi connectivity index (χ2v) is 7.25. The Hall–Kier alpha value is -2.07. The van der Waals surface area contributed by atoms with E-state index in [0.717, 1.165) is 11.1 Å². The first-order chi connectivity index (χ1) is 12.4. The number of ketones is 1. The van der Waals surface area contributed by atoms with Gasteiger partial charge in [-0.3, -0.25) is 9.69 Å². The molecular weight excluding hydrogens is 367 g/mol. The van der Waals surface area contributed by atoms with E-state index in [1.807, 2.05) is 29.5 Å². The van der Waals surface area contributed by atoms with Gasteiger partial charge >= 0.3 is 0 Å². The van der Waals surface area contributed by atoms with Crippen molar-refractivity contribution in [2.75, 3.05) is 20.6 Å². The van der Waals surface area contributed by atoms with Crippen LogP contribution in [0, 0.1) is 0 Å². The van der Waals surface area contributed by atoms with Crippen molar-refractivity contribution in [1.29, 1.82) is 0 Å². The van der Waals surface area contributed by atoms with Gasteiger partial charge < -0.3 is 4.90 Å². The standard InChI is InChI=1S/C21H20Cl2N2O/c1-24(2)18-6-3-15(4-7-18)16-9-11-25(12-10-16)14-21(26)17-5-8-19(22)20(23)13-17/h3-13,18H,14H2,1-2H3. The lowest BCUT2D eigenvalue weighted by atomic mass is 9.99. The molecule has 1 aromatic carbocycles. The fraction of sp³-hybridized carbons (Fsp3) is 0.190. The van der Waals surface area contributed by atoms with Crippen LogP contribution < -0.4 is 0 Å². The van der Waals surface area contributed by atoms with Crippen LogP contribution in [0.1, 0.15) is 10.4 Å². The number of halogens is 2. The van der Waals surface area contributed by atoms with Gasteiger partial charge in [0.2, 0.25) is 0 Å². The lowest BCUT2D eigenvalue weighted by molar-refractivity contribution is 0.0969. The molecule has 0 saturated heterocycles. The van der Waals surface area contributed by atoms with Gasteiger partial charge in [0.25, 0.3) is 0 Å². The maximum atomic E-state index is 12.4. The molecule has 0 amide bonds. The zero-order valence-corrected chi connectivity index (χ0v) is 16.2. The summed E-state index contributed by atoms with van der Waals surface area (Å²) in [6.07, 6.45) is 16.5. The van der Waals surface area contributed by atoms with E-state index in [0.29, 0.717) is 21.7 Å². The van der Waals surface area contributed by atoms with Crippen molar-refractivity contribution in [3.8, 4) is 0 Å². The molecule has 0 unspecified atom stereocenters. The molecule has 1 aromatic rings. The highest BCUT2D eigenvalue weighted by Crippen LogP contribution is 2.24. The minimum Gasteiger partial charge on any atom is -0.347 e. The molecule has 0 N–H and O–H groups in total. The molecule has 1 aliphatic carbocycles. The summed E-state index contributed by atoms with van der Waals surface area (Å²) in [5.41, 5.74) is 2.83. The van der Waals surface area contributed by atoms with Crippen LogP contribution in [0.2, 0.25) is 10.0 Å². The second kappa shape index (κ2) is 8.09. The number of rotatable bonds is 4. The average molecular weight is 387 g/mol. The van der Waals surface area contributed by atoms with Crippen molar-refractivity contribution in [1.82, 2.24) is 9.80 Å². The summed E-state index contributed by atoms with van der Waals surface area (Å²) < 4.78 is 0. The molecule has 0 fully saturated rings. The van der Waals surface area contributed by atoms with Crippen molar-refractivity contribution in [2.24, 2.45) is 0 Å². The number of hydrogen-bond acceptors (Lipinski definition) is 3.